The Bertz CT molecular complexity index is 1530. The number of carbonyl (C=O) groups is 1. The van der Waals surface area contributed by atoms with E-state index in [1.54, 1.807) is 6.33 Å². The van der Waals surface area contributed by atoms with E-state index in [0.29, 0.717) is 0 Å². The Labute approximate surface area is 253 Å². The van der Waals surface area contributed by atoms with Gasteiger partial charge in [-0.05, 0) is 48.7 Å². The molecule has 0 aliphatic rings. The molecule has 215 valence electrons. The molecule has 4 nitrogen and oxygen atoms in total. The van der Waals surface area contributed by atoms with Gasteiger partial charge in [-0.1, -0.05) is 85.2 Å². The zero-order valence-corrected chi connectivity index (χ0v) is 28.0. The Morgan fingerprint density at radius 2 is 1.52 bits per heavy atom. The summed E-state index contributed by atoms with van der Waals surface area (Å²) in [6, 6.07) is 16.5. The average Bonchev–Trinajstić information content (AvgIpc) is 2.87. The zero-order chi connectivity index (χ0) is 29.1. The van der Waals surface area contributed by atoms with E-state index in [1.165, 1.54) is 33.5 Å². The first kappa shape index (κ1) is 33.3. The van der Waals surface area contributed by atoms with Crippen LogP contribution in [0.2, 0.25) is 0 Å². The Morgan fingerprint density at radius 3 is 2.12 bits per heavy atom. The molecule has 1 aromatic heterocycles. The summed E-state index contributed by atoms with van der Waals surface area (Å²) in [5.74, 6) is 0.195. The molecule has 1 N–H and O–H groups in total. The van der Waals surface area contributed by atoms with E-state index >= 15 is 0 Å². The predicted molar refractivity (Wildman–Crippen MR) is 164 cm³/mol. The van der Waals surface area contributed by atoms with Crippen LogP contribution in [0.25, 0.3) is 32.9 Å². The van der Waals surface area contributed by atoms with E-state index in [1.807, 2.05) is 41.5 Å². The molecule has 40 heavy (non-hydrogen) atoms. The maximum Gasteiger partial charge on any atom is 0.164 e. The van der Waals surface area contributed by atoms with Crippen LogP contribution in [0.15, 0.2) is 54.6 Å². The minimum absolute atomic E-state index is 0. The summed E-state index contributed by atoms with van der Waals surface area (Å²) in [4.78, 5) is 21.0. The van der Waals surface area contributed by atoms with Crippen molar-refractivity contribution in [2.45, 2.75) is 82.1 Å². The van der Waals surface area contributed by atoms with Crippen molar-refractivity contribution in [1.82, 2.24) is 9.97 Å². The third-order valence-corrected chi connectivity index (χ3v) is 7.86. The van der Waals surface area contributed by atoms with Crippen molar-refractivity contribution in [3.63, 3.8) is 0 Å². The molecule has 0 aliphatic heterocycles. The number of rotatable bonds is 6. The number of nitrogens with zero attached hydrogens (tertiary/aromatic N) is 2. The molecule has 0 fully saturated rings. The number of aliphatic hydroxyl groups excluding tert-OH is 1. The van der Waals surface area contributed by atoms with Crippen LogP contribution in [-0.4, -0.2) is 20.9 Å². The fraction of sp³-hybridized carbons (Fsp3) is 0.400. The number of hydrogen-bond acceptors (Lipinski definition) is 4. The number of aromatic nitrogens is 2. The van der Waals surface area contributed by atoms with Crippen LogP contribution in [0, 0.1) is 44.6 Å². The van der Waals surface area contributed by atoms with Crippen molar-refractivity contribution >= 4 is 27.5 Å². The first-order valence-electron chi connectivity index (χ1n) is 13.8. The summed E-state index contributed by atoms with van der Waals surface area (Å²) in [7, 11) is 0. The fourth-order valence-corrected chi connectivity index (χ4v) is 4.49. The maximum absolute atomic E-state index is 11.8. The molecule has 1 heterocycles. The number of aryl methyl sites for hydroxylation is 4. The maximum atomic E-state index is 11.8. The molecule has 0 saturated carbocycles. The van der Waals surface area contributed by atoms with Crippen molar-refractivity contribution in [3.8, 4) is 11.3 Å². The Balaban J connectivity index is 0.000000307. The van der Waals surface area contributed by atoms with Gasteiger partial charge in [0, 0.05) is 42.4 Å². The Hall–Kier alpha value is -2.88. The number of hydrogen-bond donors (Lipinski definition) is 1. The van der Waals surface area contributed by atoms with E-state index in [4.69, 9.17) is 0 Å². The monoisotopic (exact) mass is 716 g/mol. The summed E-state index contributed by atoms with van der Waals surface area (Å²) >= 11 is 0. The van der Waals surface area contributed by atoms with Crippen molar-refractivity contribution < 1.29 is 30.0 Å². The third kappa shape index (κ3) is 7.44. The van der Waals surface area contributed by atoms with Crippen LogP contribution in [0.5, 0.6) is 0 Å². The van der Waals surface area contributed by atoms with Crippen molar-refractivity contribution in [1.29, 1.82) is 0 Å². The van der Waals surface area contributed by atoms with E-state index in [2.05, 4.69) is 80.1 Å². The number of ketones is 1. The smallest absolute Gasteiger partial charge is 0.164 e. The van der Waals surface area contributed by atoms with Gasteiger partial charge in [-0.2, -0.15) is 0 Å². The molecular formula is C35H43IrN2O2-. The van der Waals surface area contributed by atoms with Crippen LogP contribution in [0.3, 0.4) is 0 Å². The van der Waals surface area contributed by atoms with Gasteiger partial charge in [0.05, 0.1) is 5.52 Å². The van der Waals surface area contributed by atoms with Gasteiger partial charge in [0.15, 0.2) is 5.78 Å². The summed E-state index contributed by atoms with van der Waals surface area (Å²) < 4.78 is 0. The molecule has 0 bridgehead atoms. The molecule has 0 spiro atoms. The predicted octanol–water partition coefficient (Wildman–Crippen LogP) is 9.35. The number of fused-ring (bicyclic) bond motifs is 3. The SMILES string of the molecule is CCC(C)(C)C(=O)/C=C(\O)C(C)(C)CC.Cc1[c-]c(-c2ncnc3c2ccc2cc(C)cc(C)c23)cc(C)c1.[Ir]. The molecule has 4 rings (SSSR count). The summed E-state index contributed by atoms with van der Waals surface area (Å²) in [5.41, 5.74) is 7.20. The van der Waals surface area contributed by atoms with Crippen molar-refractivity contribution in [3.05, 3.63) is 82.9 Å². The Morgan fingerprint density at radius 1 is 0.900 bits per heavy atom. The second kappa shape index (κ2) is 13.2. The van der Waals surface area contributed by atoms with Gasteiger partial charge in [0.2, 0.25) is 0 Å². The normalized spacial score (nSPS) is 12.1. The van der Waals surface area contributed by atoms with Gasteiger partial charge in [-0.25, -0.2) is 4.98 Å². The standard InChI is InChI=1S/C22H19N2.C13H24O2.Ir/c1-13-7-14(2)11-18(10-13)21-19-6-5-17-9-15(3)8-16(4)20(17)22(19)24-12-23-21;1-7-12(3,4)10(14)9-11(15)13(5,6)8-2;/h5-10,12H,1-4H3;9,14H,7-8H2,1-6H3;/q-1;;/b;10-9-;. The van der Waals surface area contributed by atoms with E-state index in [9.17, 15) is 9.90 Å². The van der Waals surface area contributed by atoms with Gasteiger partial charge >= 0.3 is 0 Å². The van der Waals surface area contributed by atoms with Crippen LogP contribution >= 0.6 is 0 Å². The molecule has 4 aromatic rings. The number of aliphatic hydroxyl groups is 1. The van der Waals surface area contributed by atoms with E-state index in [-0.39, 0.29) is 42.5 Å². The first-order chi connectivity index (χ1) is 18.2. The molecule has 0 aliphatic carbocycles. The molecule has 0 unspecified atom stereocenters. The number of carbonyl (C=O) groups excluding carboxylic acids is 1. The number of allylic oxidation sites excluding steroid dienone is 2. The Kier molecular flexibility index (Phi) is 11.0. The van der Waals surface area contributed by atoms with E-state index in [0.717, 1.165) is 40.6 Å². The molecule has 3 aromatic carbocycles. The largest absolute Gasteiger partial charge is 0.512 e. The average molecular weight is 716 g/mol. The minimum atomic E-state index is -0.377. The van der Waals surface area contributed by atoms with Gasteiger partial charge in [-0.15, -0.1) is 34.9 Å². The van der Waals surface area contributed by atoms with Crippen LogP contribution in [-0.2, 0) is 24.9 Å². The van der Waals surface area contributed by atoms with Gasteiger partial charge < -0.3 is 5.11 Å². The van der Waals surface area contributed by atoms with Crippen molar-refractivity contribution in [2.75, 3.05) is 0 Å². The topological polar surface area (TPSA) is 63.1 Å². The van der Waals surface area contributed by atoms with Gasteiger partial charge in [0.25, 0.3) is 0 Å². The molecule has 1 radical (unpaired) electrons. The van der Waals surface area contributed by atoms with E-state index < -0.39 is 0 Å². The second-order valence-electron chi connectivity index (χ2n) is 12.0. The molecule has 5 heteroatoms. The molecule has 0 atom stereocenters. The summed E-state index contributed by atoms with van der Waals surface area (Å²) in [6.07, 6.45) is 4.66. The van der Waals surface area contributed by atoms with Crippen LogP contribution in [0.1, 0.15) is 76.6 Å². The minimum Gasteiger partial charge on any atom is -0.512 e. The first-order valence-corrected chi connectivity index (χ1v) is 13.8. The number of benzene rings is 3. The van der Waals surface area contributed by atoms with Crippen LogP contribution in [0.4, 0.5) is 0 Å². The van der Waals surface area contributed by atoms with Gasteiger partial charge in [0.1, 0.15) is 12.1 Å². The van der Waals surface area contributed by atoms with Crippen molar-refractivity contribution in [2.24, 2.45) is 10.8 Å². The molecule has 0 saturated heterocycles. The molecule has 0 amide bonds. The van der Waals surface area contributed by atoms with Gasteiger partial charge in [-0.3, -0.25) is 9.78 Å². The second-order valence-corrected chi connectivity index (χ2v) is 12.0. The molecular weight excluding hydrogens is 673 g/mol. The fourth-order valence-electron chi connectivity index (χ4n) is 4.49. The summed E-state index contributed by atoms with van der Waals surface area (Å²) in [6.45, 7) is 20.1. The summed E-state index contributed by atoms with van der Waals surface area (Å²) in [5, 5.41) is 13.4. The quantitative estimate of drug-likeness (QED) is 0.0936. The van der Waals surface area contributed by atoms with Crippen LogP contribution < -0.4 is 0 Å². The zero-order valence-electron chi connectivity index (χ0n) is 25.6. The third-order valence-electron chi connectivity index (χ3n) is 7.86.